The Balaban J connectivity index is 2.51. The largest absolute Gasteiger partial charge is 0.493 e. The molecule has 0 aliphatic heterocycles. The quantitative estimate of drug-likeness (QED) is 0.656. The van der Waals surface area contributed by atoms with Gasteiger partial charge in [-0.05, 0) is 43.0 Å². The fourth-order valence-corrected chi connectivity index (χ4v) is 1.88. The van der Waals surface area contributed by atoms with Crippen LogP contribution in [0.25, 0.3) is 0 Å². The van der Waals surface area contributed by atoms with Crippen molar-refractivity contribution < 1.29 is 9.47 Å². The Bertz CT molecular complexity index is 377. The summed E-state index contributed by atoms with van der Waals surface area (Å²) in [7, 11) is 1.69. The molecule has 0 aliphatic rings. The highest BCUT2D eigenvalue weighted by atomic mass is 16.5. The average Bonchev–Trinajstić information content (AvgIpc) is 2.44. The van der Waals surface area contributed by atoms with Crippen molar-refractivity contribution in [3.05, 3.63) is 23.8 Å². The van der Waals surface area contributed by atoms with Gasteiger partial charge in [-0.2, -0.15) is 0 Å². The highest BCUT2D eigenvalue weighted by molar-refractivity contribution is 5.42. The van der Waals surface area contributed by atoms with Crippen molar-refractivity contribution in [2.45, 2.75) is 46.6 Å². The molecule has 0 atom stereocenters. The van der Waals surface area contributed by atoms with Gasteiger partial charge in [0.25, 0.3) is 0 Å². The molecule has 20 heavy (non-hydrogen) atoms. The lowest BCUT2D eigenvalue weighted by atomic mass is 10.1. The zero-order chi connectivity index (χ0) is 14.8. The normalized spacial score (nSPS) is 10.8. The fourth-order valence-electron chi connectivity index (χ4n) is 1.88. The maximum absolute atomic E-state index is 5.79. The zero-order valence-corrected chi connectivity index (χ0v) is 13.4. The molecule has 1 N–H and O–H groups in total. The van der Waals surface area contributed by atoms with E-state index in [9.17, 15) is 0 Å². The maximum atomic E-state index is 5.79. The van der Waals surface area contributed by atoms with Crippen LogP contribution in [0.1, 0.15) is 45.6 Å². The van der Waals surface area contributed by atoms with Crippen molar-refractivity contribution in [1.29, 1.82) is 0 Å². The molecule has 1 aromatic rings. The van der Waals surface area contributed by atoms with Gasteiger partial charge in [-0.15, -0.1) is 0 Å². The summed E-state index contributed by atoms with van der Waals surface area (Å²) in [6.45, 7) is 9.28. The summed E-state index contributed by atoms with van der Waals surface area (Å²) in [5.74, 6) is 2.32. The summed E-state index contributed by atoms with van der Waals surface area (Å²) >= 11 is 0. The van der Waals surface area contributed by atoms with Crippen LogP contribution < -0.4 is 14.8 Å². The highest BCUT2D eigenvalue weighted by Crippen LogP contribution is 2.28. The molecule has 0 heterocycles. The topological polar surface area (TPSA) is 30.5 Å². The number of benzene rings is 1. The van der Waals surface area contributed by atoms with Gasteiger partial charge >= 0.3 is 0 Å². The van der Waals surface area contributed by atoms with E-state index in [0.717, 1.165) is 37.6 Å². The Hall–Kier alpha value is -1.22. The van der Waals surface area contributed by atoms with Crippen LogP contribution in [0, 0.1) is 5.92 Å². The molecule has 1 rings (SSSR count). The number of hydrogen-bond acceptors (Lipinski definition) is 3. The lowest BCUT2D eigenvalue weighted by Crippen LogP contribution is -2.14. The number of hydrogen-bond donors (Lipinski definition) is 1. The van der Waals surface area contributed by atoms with E-state index in [2.05, 4.69) is 38.2 Å². The third kappa shape index (κ3) is 6.29. The van der Waals surface area contributed by atoms with Gasteiger partial charge < -0.3 is 14.8 Å². The van der Waals surface area contributed by atoms with E-state index < -0.39 is 0 Å². The molecular formula is C17H29NO2. The Morgan fingerprint density at radius 1 is 1.20 bits per heavy atom. The lowest BCUT2D eigenvalue weighted by Gasteiger charge is -2.13. The van der Waals surface area contributed by atoms with Crippen LogP contribution in [0.4, 0.5) is 0 Å². The van der Waals surface area contributed by atoms with E-state index in [1.165, 1.54) is 18.4 Å². The van der Waals surface area contributed by atoms with Gasteiger partial charge in [0.05, 0.1) is 13.7 Å². The predicted molar refractivity (Wildman–Crippen MR) is 84.6 cm³/mol. The molecule has 0 aromatic heterocycles. The minimum atomic E-state index is 0.656. The van der Waals surface area contributed by atoms with Gasteiger partial charge in [-0.1, -0.05) is 33.3 Å². The maximum Gasteiger partial charge on any atom is 0.161 e. The van der Waals surface area contributed by atoms with E-state index >= 15 is 0 Å². The van der Waals surface area contributed by atoms with Gasteiger partial charge in [0.1, 0.15) is 0 Å². The van der Waals surface area contributed by atoms with Crippen molar-refractivity contribution in [3.63, 3.8) is 0 Å². The Morgan fingerprint density at radius 2 is 2.00 bits per heavy atom. The van der Waals surface area contributed by atoms with Gasteiger partial charge in [0.2, 0.25) is 0 Å². The number of nitrogens with one attached hydrogen (secondary N) is 1. The molecule has 0 unspecified atom stereocenters. The fraction of sp³-hybridized carbons (Fsp3) is 0.647. The van der Waals surface area contributed by atoms with Crippen LogP contribution in [0.15, 0.2) is 18.2 Å². The van der Waals surface area contributed by atoms with Gasteiger partial charge in [0, 0.05) is 6.54 Å². The smallest absolute Gasteiger partial charge is 0.161 e. The number of rotatable bonds is 10. The van der Waals surface area contributed by atoms with Gasteiger partial charge in [-0.25, -0.2) is 0 Å². The molecule has 0 saturated heterocycles. The SMILES string of the molecule is CCCCNCc1ccc(OCCC(C)C)c(OC)c1. The summed E-state index contributed by atoms with van der Waals surface area (Å²) in [6.07, 6.45) is 3.50. The molecule has 0 amide bonds. The highest BCUT2D eigenvalue weighted by Gasteiger charge is 2.06. The Labute approximate surface area is 123 Å². The van der Waals surface area contributed by atoms with E-state index in [-0.39, 0.29) is 0 Å². The summed E-state index contributed by atoms with van der Waals surface area (Å²) in [5, 5.41) is 3.44. The Kier molecular flexibility index (Phi) is 8.12. The van der Waals surface area contributed by atoms with Crippen LogP contribution in [-0.2, 0) is 6.54 Å². The first kappa shape index (κ1) is 16.8. The molecule has 0 bridgehead atoms. The van der Waals surface area contributed by atoms with Crippen molar-refractivity contribution in [3.8, 4) is 11.5 Å². The minimum absolute atomic E-state index is 0.656. The second kappa shape index (κ2) is 9.65. The van der Waals surface area contributed by atoms with Crippen molar-refractivity contribution in [1.82, 2.24) is 5.32 Å². The van der Waals surface area contributed by atoms with Crippen molar-refractivity contribution in [2.75, 3.05) is 20.3 Å². The first-order valence-electron chi connectivity index (χ1n) is 7.67. The van der Waals surface area contributed by atoms with E-state index in [1.54, 1.807) is 7.11 Å². The Morgan fingerprint density at radius 3 is 2.65 bits per heavy atom. The molecule has 0 radical (unpaired) electrons. The summed E-state index contributed by atoms with van der Waals surface area (Å²) in [6, 6.07) is 6.17. The molecule has 0 fully saturated rings. The molecule has 1 aromatic carbocycles. The number of methoxy groups -OCH3 is 1. The molecule has 114 valence electrons. The molecule has 0 aliphatic carbocycles. The van der Waals surface area contributed by atoms with E-state index in [1.807, 2.05) is 6.07 Å². The standard InChI is InChI=1S/C17H29NO2/c1-5-6-10-18-13-15-7-8-16(17(12-15)19-4)20-11-9-14(2)3/h7-8,12,14,18H,5-6,9-11,13H2,1-4H3. The second-order valence-electron chi connectivity index (χ2n) is 5.55. The zero-order valence-electron chi connectivity index (χ0n) is 13.4. The molecular weight excluding hydrogens is 250 g/mol. The van der Waals surface area contributed by atoms with Crippen LogP contribution in [-0.4, -0.2) is 20.3 Å². The van der Waals surface area contributed by atoms with Crippen molar-refractivity contribution >= 4 is 0 Å². The first-order chi connectivity index (χ1) is 9.67. The predicted octanol–water partition coefficient (Wildman–Crippen LogP) is 4.01. The average molecular weight is 279 g/mol. The third-order valence-corrected chi connectivity index (χ3v) is 3.22. The van der Waals surface area contributed by atoms with E-state index in [0.29, 0.717) is 5.92 Å². The van der Waals surface area contributed by atoms with E-state index in [4.69, 9.17) is 9.47 Å². The molecule has 3 nitrogen and oxygen atoms in total. The lowest BCUT2D eigenvalue weighted by molar-refractivity contribution is 0.273. The molecule has 0 spiro atoms. The van der Waals surface area contributed by atoms with Crippen LogP contribution in [0.3, 0.4) is 0 Å². The van der Waals surface area contributed by atoms with Crippen LogP contribution in [0.2, 0.25) is 0 Å². The second-order valence-corrected chi connectivity index (χ2v) is 5.55. The minimum Gasteiger partial charge on any atom is -0.493 e. The summed E-state index contributed by atoms with van der Waals surface area (Å²) < 4.78 is 11.2. The number of unbranched alkanes of at least 4 members (excludes halogenated alkanes) is 1. The summed E-state index contributed by atoms with van der Waals surface area (Å²) in [4.78, 5) is 0. The molecule has 3 heteroatoms. The van der Waals surface area contributed by atoms with Crippen LogP contribution >= 0.6 is 0 Å². The number of ether oxygens (including phenoxy) is 2. The third-order valence-electron chi connectivity index (χ3n) is 3.22. The van der Waals surface area contributed by atoms with Gasteiger partial charge in [-0.3, -0.25) is 0 Å². The monoisotopic (exact) mass is 279 g/mol. The van der Waals surface area contributed by atoms with Gasteiger partial charge in [0.15, 0.2) is 11.5 Å². The first-order valence-corrected chi connectivity index (χ1v) is 7.67. The van der Waals surface area contributed by atoms with Crippen molar-refractivity contribution in [2.24, 2.45) is 5.92 Å². The van der Waals surface area contributed by atoms with Crippen LogP contribution in [0.5, 0.6) is 11.5 Å². The summed E-state index contributed by atoms with van der Waals surface area (Å²) in [5.41, 5.74) is 1.23. The molecule has 0 saturated carbocycles.